The number of rotatable bonds is 2. The van der Waals surface area contributed by atoms with E-state index in [0.29, 0.717) is 0 Å². The van der Waals surface area contributed by atoms with Crippen LogP contribution in [0.15, 0.2) is 11.8 Å². The number of hydrogen-bond acceptors (Lipinski definition) is 2. The van der Waals surface area contributed by atoms with Gasteiger partial charge in [0.25, 0.3) is 0 Å². The molecular weight excluding hydrogens is 136 g/mol. The number of carboxylic acids is 1. The molecule has 0 atom stereocenters. The van der Waals surface area contributed by atoms with Crippen LogP contribution in [-0.2, 0) is 4.79 Å². The van der Waals surface area contributed by atoms with Gasteiger partial charge in [-0.2, -0.15) is 0 Å². The van der Waals surface area contributed by atoms with Gasteiger partial charge in [0, 0.05) is 0 Å². The number of allylic oxidation sites excluding steroid dienone is 1. The van der Waals surface area contributed by atoms with Crippen LogP contribution >= 0.6 is 0 Å². The maximum atomic E-state index is 10.1. The predicted octanol–water partition coefficient (Wildman–Crippen LogP) is -0.357. The summed E-state index contributed by atoms with van der Waals surface area (Å²) in [6.07, 6.45) is 1.24. The minimum Gasteiger partial charge on any atom is -0.477 e. The van der Waals surface area contributed by atoms with E-state index in [2.05, 4.69) is 5.73 Å². The molecule has 0 bridgehead atoms. The van der Waals surface area contributed by atoms with E-state index in [-0.39, 0.29) is 5.70 Å². The summed E-state index contributed by atoms with van der Waals surface area (Å²) in [6.45, 7) is 1.49. The van der Waals surface area contributed by atoms with Gasteiger partial charge in [-0.1, -0.05) is 6.08 Å². The van der Waals surface area contributed by atoms with Crippen LogP contribution in [0, 0.1) is 0 Å². The predicted molar refractivity (Wildman–Crippen MR) is 34.1 cm³/mol. The van der Waals surface area contributed by atoms with Gasteiger partial charge < -0.3 is 16.2 Å². The normalized spacial score (nSPS) is 10.7. The first-order valence-electron chi connectivity index (χ1n) is 2.54. The quantitative estimate of drug-likeness (QED) is 0.462. The number of aliphatic carboxylic acids is 1. The fourth-order valence-electron chi connectivity index (χ4n) is 0.382. The summed E-state index contributed by atoms with van der Waals surface area (Å²) in [4.78, 5) is 20.2. The Kier molecular flexibility index (Phi) is 2.96. The number of hydrogen-bond donors (Lipinski definition) is 3. The van der Waals surface area contributed by atoms with Gasteiger partial charge in [0.2, 0.25) is 0 Å². The van der Waals surface area contributed by atoms with Gasteiger partial charge in [0.05, 0.1) is 0 Å². The fourth-order valence-corrected chi connectivity index (χ4v) is 0.382. The van der Waals surface area contributed by atoms with Crippen molar-refractivity contribution in [2.75, 3.05) is 0 Å². The second-order valence-corrected chi connectivity index (χ2v) is 1.50. The summed E-state index contributed by atoms with van der Waals surface area (Å²) in [6, 6.07) is -0.879. The van der Waals surface area contributed by atoms with Crippen LogP contribution in [0.3, 0.4) is 0 Å². The average Bonchev–Trinajstić information content (AvgIpc) is 1.81. The number of nitrogens with one attached hydrogen (secondary N) is 1. The minimum absolute atomic E-state index is 0.215. The van der Waals surface area contributed by atoms with Crippen molar-refractivity contribution in [3.05, 3.63) is 11.8 Å². The van der Waals surface area contributed by atoms with Crippen molar-refractivity contribution >= 4 is 12.0 Å². The summed E-state index contributed by atoms with van der Waals surface area (Å²) in [5.74, 6) is -1.21. The van der Waals surface area contributed by atoms with Gasteiger partial charge in [-0.15, -0.1) is 0 Å². The summed E-state index contributed by atoms with van der Waals surface area (Å²) >= 11 is 0. The maximum absolute atomic E-state index is 10.1. The number of nitrogens with two attached hydrogens (primary N) is 1. The first-order valence-corrected chi connectivity index (χ1v) is 2.54. The Hall–Kier alpha value is -1.52. The van der Waals surface area contributed by atoms with Crippen LogP contribution in [0.4, 0.5) is 4.79 Å². The molecule has 0 saturated heterocycles. The first kappa shape index (κ1) is 8.48. The second kappa shape index (κ2) is 3.49. The lowest BCUT2D eigenvalue weighted by Crippen LogP contribution is -2.31. The van der Waals surface area contributed by atoms with Crippen molar-refractivity contribution in [1.82, 2.24) is 5.32 Å². The molecule has 0 aromatic heterocycles. The topological polar surface area (TPSA) is 92.4 Å². The molecule has 4 N–H and O–H groups in total. The molecule has 10 heavy (non-hydrogen) atoms. The van der Waals surface area contributed by atoms with Crippen molar-refractivity contribution in [2.45, 2.75) is 6.92 Å². The second-order valence-electron chi connectivity index (χ2n) is 1.50. The summed E-state index contributed by atoms with van der Waals surface area (Å²) < 4.78 is 0. The first-order chi connectivity index (χ1) is 4.57. The third-order valence-electron chi connectivity index (χ3n) is 0.777. The van der Waals surface area contributed by atoms with Gasteiger partial charge in [0.15, 0.2) is 0 Å². The number of primary amides is 1. The molecule has 0 unspecified atom stereocenters. The summed E-state index contributed by atoms with van der Waals surface area (Å²) in [5, 5.41) is 10.2. The molecule has 0 rings (SSSR count). The zero-order valence-electron chi connectivity index (χ0n) is 5.42. The third kappa shape index (κ3) is 2.71. The Bertz CT molecular complexity index is 185. The molecule has 0 saturated carbocycles. The van der Waals surface area contributed by atoms with Gasteiger partial charge in [-0.3, -0.25) is 0 Å². The van der Waals surface area contributed by atoms with Crippen molar-refractivity contribution in [3.8, 4) is 0 Å². The lowest BCUT2D eigenvalue weighted by Gasteiger charge is -1.98. The fraction of sp³-hybridized carbons (Fsp3) is 0.200. The van der Waals surface area contributed by atoms with Gasteiger partial charge in [-0.05, 0) is 6.92 Å². The van der Waals surface area contributed by atoms with E-state index < -0.39 is 12.0 Å². The number of urea groups is 1. The van der Waals surface area contributed by atoms with E-state index in [9.17, 15) is 9.59 Å². The van der Waals surface area contributed by atoms with Crippen LogP contribution < -0.4 is 11.1 Å². The highest BCUT2D eigenvalue weighted by Gasteiger charge is 2.05. The molecular formula is C5H8N2O3. The molecule has 56 valence electrons. The molecule has 0 fully saturated rings. The Morgan fingerprint density at radius 3 is 2.20 bits per heavy atom. The van der Waals surface area contributed by atoms with Crippen LogP contribution in [0.2, 0.25) is 0 Å². The molecule has 0 heterocycles. The highest BCUT2D eigenvalue weighted by Crippen LogP contribution is 1.86. The monoisotopic (exact) mass is 144 g/mol. The Labute approximate surface area is 57.5 Å². The van der Waals surface area contributed by atoms with Crippen LogP contribution in [0.5, 0.6) is 0 Å². The highest BCUT2D eigenvalue weighted by molar-refractivity contribution is 5.91. The van der Waals surface area contributed by atoms with E-state index in [1.165, 1.54) is 13.0 Å². The third-order valence-corrected chi connectivity index (χ3v) is 0.777. The van der Waals surface area contributed by atoms with E-state index in [1.807, 2.05) is 5.32 Å². The Balaban J connectivity index is 4.12. The molecule has 2 amide bonds. The largest absolute Gasteiger partial charge is 0.477 e. The zero-order valence-corrected chi connectivity index (χ0v) is 5.42. The standard InChI is InChI=1S/C5H8N2O3/c1-2-3(4(8)9)7-5(6)10/h2H,1H3,(H,8,9)(H3,6,7,10)/b3-2-. The number of carbonyl (C=O) groups excluding carboxylic acids is 1. The molecule has 0 spiro atoms. The number of amides is 2. The van der Waals surface area contributed by atoms with Crippen LogP contribution in [0.1, 0.15) is 6.92 Å². The Morgan fingerprint density at radius 2 is 2.10 bits per heavy atom. The zero-order chi connectivity index (χ0) is 8.15. The number of carbonyl (C=O) groups is 2. The van der Waals surface area contributed by atoms with Gasteiger partial charge in [-0.25, -0.2) is 9.59 Å². The number of carboxylic acid groups (broad SMARTS) is 1. The molecule has 0 aliphatic rings. The lowest BCUT2D eigenvalue weighted by molar-refractivity contribution is -0.133. The van der Waals surface area contributed by atoms with E-state index in [0.717, 1.165) is 0 Å². The highest BCUT2D eigenvalue weighted by atomic mass is 16.4. The molecule has 0 aromatic carbocycles. The van der Waals surface area contributed by atoms with E-state index in [4.69, 9.17) is 5.11 Å². The Morgan fingerprint density at radius 1 is 1.60 bits per heavy atom. The van der Waals surface area contributed by atoms with Crippen molar-refractivity contribution in [2.24, 2.45) is 5.73 Å². The average molecular weight is 144 g/mol. The molecule has 0 radical (unpaired) electrons. The molecule has 0 aliphatic carbocycles. The lowest BCUT2D eigenvalue weighted by atomic mass is 10.4. The smallest absolute Gasteiger partial charge is 0.352 e. The molecule has 5 heteroatoms. The van der Waals surface area contributed by atoms with Gasteiger partial charge >= 0.3 is 12.0 Å². The van der Waals surface area contributed by atoms with Crippen molar-refractivity contribution < 1.29 is 14.7 Å². The van der Waals surface area contributed by atoms with E-state index in [1.54, 1.807) is 0 Å². The molecule has 0 aliphatic heterocycles. The maximum Gasteiger partial charge on any atom is 0.352 e. The molecule has 0 aromatic rings. The van der Waals surface area contributed by atoms with Crippen LogP contribution in [0.25, 0.3) is 0 Å². The van der Waals surface area contributed by atoms with Crippen LogP contribution in [-0.4, -0.2) is 17.1 Å². The summed E-state index contributed by atoms with van der Waals surface area (Å²) in [7, 11) is 0. The van der Waals surface area contributed by atoms with Crippen molar-refractivity contribution in [3.63, 3.8) is 0 Å². The summed E-state index contributed by atoms with van der Waals surface area (Å²) in [5.41, 5.74) is 4.44. The van der Waals surface area contributed by atoms with Gasteiger partial charge in [0.1, 0.15) is 5.70 Å². The van der Waals surface area contributed by atoms with Crippen molar-refractivity contribution in [1.29, 1.82) is 0 Å². The van der Waals surface area contributed by atoms with E-state index >= 15 is 0 Å². The minimum atomic E-state index is -1.21. The SMILES string of the molecule is C/C=C(\NC(N)=O)C(=O)O. The molecule has 5 nitrogen and oxygen atoms in total.